The summed E-state index contributed by atoms with van der Waals surface area (Å²) >= 11 is 0. The average molecular weight is 260 g/mol. The van der Waals surface area contributed by atoms with Crippen LogP contribution in [-0.2, 0) is 10.2 Å². The lowest BCUT2D eigenvalue weighted by Gasteiger charge is -2.30. The van der Waals surface area contributed by atoms with Crippen molar-refractivity contribution in [3.05, 3.63) is 6.42 Å². The second kappa shape index (κ2) is 5.22. The van der Waals surface area contributed by atoms with Gasteiger partial charge in [0, 0.05) is 32.2 Å². The Morgan fingerprint density at radius 2 is 1.76 bits per heavy atom. The number of likely N-dealkylation sites (N-methyl/N-ethyl adjacent to an activating group) is 1. The first-order valence-electron chi connectivity index (χ1n) is 6.25. The van der Waals surface area contributed by atoms with Gasteiger partial charge in [-0.2, -0.15) is 17.0 Å². The van der Waals surface area contributed by atoms with Gasteiger partial charge >= 0.3 is 0 Å². The maximum absolute atomic E-state index is 12.4. The molecule has 2 aliphatic heterocycles. The third kappa shape index (κ3) is 2.81. The van der Waals surface area contributed by atoms with Crippen molar-refractivity contribution in [1.29, 1.82) is 0 Å². The van der Waals surface area contributed by atoms with Crippen molar-refractivity contribution in [2.75, 3.05) is 40.3 Å². The highest BCUT2D eigenvalue weighted by Gasteiger charge is 2.36. The van der Waals surface area contributed by atoms with Crippen LogP contribution in [0.4, 0.5) is 0 Å². The number of hydrogen-bond acceptors (Lipinski definition) is 3. The molecule has 1 radical (unpaired) electrons. The van der Waals surface area contributed by atoms with Crippen molar-refractivity contribution in [3.8, 4) is 0 Å². The summed E-state index contributed by atoms with van der Waals surface area (Å²) in [4.78, 5) is 2.11. The van der Waals surface area contributed by atoms with Crippen LogP contribution in [0.5, 0.6) is 0 Å². The molecule has 0 N–H and O–H groups in total. The summed E-state index contributed by atoms with van der Waals surface area (Å²) in [5, 5.41) is 0. The number of nitrogens with zero attached hydrogens (tertiary/aromatic N) is 3. The van der Waals surface area contributed by atoms with Crippen LogP contribution >= 0.6 is 0 Å². The quantitative estimate of drug-likeness (QED) is 0.726. The molecule has 17 heavy (non-hydrogen) atoms. The molecule has 99 valence electrons. The molecule has 0 saturated carbocycles. The molecule has 6 heteroatoms. The van der Waals surface area contributed by atoms with Crippen LogP contribution in [0.3, 0.4) is 0 Å². The van der Waals surface area contributed by atoms with Crippen LogP contribution in [0, 0.1) is 6.42 Å². The summed E-state index contributed by atoms with van der Waals surface area (Å²) in [7, 11) is 0.813. The van der Waals surface area contributed by atoms with E-state index in [-0.39, 0.29) is 0 Å². The maximum Gasteiger partial charge on any atom is 0.282 e. The van der Waals surface area contributed by atoms with Gasteiger partial charge in [0.1, 0.15) is 0 Å². The molecule has 2 aliphatic rings. The minimum absolute atomic E-state index is 0.362. The number of hydrogen-bond donors (Lipinski definition) is 0. The Hall–Kier alpha value is -0.170. The minimum Gasteiger partial charge on any atom is -0.305 e. The molecule has 0 aromatic heterocycles. The van der Waals surface area contributed by atoms with Crippen LogP contribution in [0.2, 0.25) is 0 Å². The van der Waals surface area contributed by atoms with Gasteiger partial charge in [-0.15, -0.1) is 0 Å². The molecule has 0 aromatic carbocycles. The highest BCUT2D eigenvalue weighted by atomic mass is 32.2. The Morgan fingerprint density at radius 1 is 1.12 bits per heavy atom. The van der Waals surface area contributed by atoms with Crippen molar-refractivity contribution >= 4 is 10.2 Å². The molecule has 2 fully saturated rings. The molecule has 0 spiro atoms. The van der Waals surface area contributed by atoms with Gasteiger partial charge in [0.2, 0.25) is 0 Å². The van der Waals surface area contributed by atoms with Gasteiger partial charge in [-0.1, -0.05) is 0 Å². The average Bonchev–Trinajstić information content (AvgIpc) is 2.80. The second-order valence-electron chi connectivity index (χ2n) is 5.04. The van der Waals surface area contributed by atoms with E-state index in [1.807, 2.05) is 14.1 Å². The minimum atomic E-state index is -3.21. The summed E-state index contributed by atoms with van der Waals surface area (Å²) in [6.07, 6.45) is 4.86. The van der Waals surface area contributed by atoms with Crippen molar-refractivity contribution < 1.29 is 8.42 Å². The Kier molecular flexibility index (Phi) is 4.07. The van der Waals surface area contributed by atoms with Crippen LogP contribution in [0.1, 0.15) is 19.3 Å². The van der Waals surface area contributed by atoms with Crippen LogP contribution in [0.25, 0.3) is 0 Å². The fraction of sp³-hybridized carbons (Fsp3) is 0.909. The lowest BCUT2D eigenvalue weighted by molar-refractivity contribution is 0.293. The molecule has 1 atom stereocenters. The van der Waals surface area contributed by atoms with Gasteiger partial charge < -0.3 is 4.90 Å². The highest BCUT2D eigenvalue weighted by molar-refractivity contribution is 7.86. The summed E-state index contributed by atoms with van der Waals surface area (Å²) in [5.74, 6) is 0. The molecule has 2 heterocycles. The zero-order chi connectivity index (χ0) is 12.5. The predicted octanol–water partition coefficient (Wildman–Crippen LogP) is 0.167. The van der Waals surface area contributed by atoms with E-state index in [1.165, 1.54) is 0 Å². The summed E-state index contributed by atoms with van der Waals surface area (Å²) in [5.41, 5.74) is 0. The topological polar surface area (TPSA) is 43.9 Å². The van der Waals surface area contributed by atoms with Gasteiger partial charge in [0.25, 0.3) is 10.2 Å². The predicted molar refractivity (Wildman–Crippen MR) is 67.7 cm³/mol. The second-order valence-corrected chi connectivity index (χ2v) is 6.97. The summed E-state index contributed by atoms with van der Waals surface area (Å²) < 4.78 is 28.0. The zero-order valence-electron chi connectivity index (χ0n) is 10.7. The number of piperidine rings is 1. The normalized spacial score (nSPS) is 29.0. The van der Waals surface area contributed by atoms with Gasteiger partial charge in [0.15, 0.2) is 0 Å². The van der Waals surface area contributed by atoms with E-state index in [2.05, 4.69) is 11.3 Å². The SMILES string of the molecule is CN(C)[C@@H]1CCN(S(=O)(=O)N2CC[CH]CC2)C1. The van der Waals surface area contributed by atoms with E-state index in [1.54, 1.807) is 8.61 Å². The van der Waals surface area contributed by atoms with Crippen molar-refractivity contribution in [1.82, 2.24) is 13.5 Å². The van der Waals surface area contributed by atoms with Crippen LogP contribution in [-0.4, -0.2) is 68.2 Å². The van der Waals surface area contributed by atoms with Gasteiger partial charge in [-0.25, -0.2) is 0 Å². The lowest BCUT2D eigenvalue weighted by Crippen LogP contribution is -2.46. The fourth-order valence-electron chi connectivity index (χ4n) is 2.46. The molecule has 0 aromatic rings. The first-order chi connectivity index (χ1) is 8.01. The largest absolute Gasteiger partial charge is 0.305 e. The Labute approximate surface area is 105 Å². The Bertz CT molecular complexity index is 350. The first kappa shape index (κ1) is 13.3. The molecule has 0 aliphatic carbocycles. The third-order valence-corrected chi connectivity index (χ3v) is 5.68. The zero-order valence-corrected chi connectivity index (χ0v) is 11.5. The molecule has 0 unspecified atom stereocenters. The van der Waals surface area contributed by atoms with Gasteiger partial charge in [-0.3, -0.25) is 0 Å². The summed E-state index contributed by atoms with van der Waals surface area (Å²) in [6.45, 7) is 2.58. The van der Waals surface area contributed by atoms with E-state index in [9.17, 15) is 8.42 Å². The van der Waals surface area contributed by atoms with Crippen molar-refractivity contribution in [2.24, 2.45) is 0 Å². The molecular formula is C11H22N3O2S. The monoisotopic (exact) mass is 260 g/mol. The third-order valence-electron chi connectivity index (χ3n) is 3.67. The number of rotatable bonds is 3. The lowest BCUT2D eigenvalue weighted by atomic mass is 10.2. The van der Waals surface area contributed by atoms with E-state index < -0.39 is 10.2 Å². The Balaban J connectivity index is 2.01. The van der Waals surface area contributed by atoms with Crippen LogP contribution < -0.4 is 0 Å². The van der Waals surface area contributed by atoms with E-state index in [4.69, 9.17) is 0 Å². The van der Waals surface area contributed by atoms with E-state index in [0.29, 0.717) is 32.2 Å². The highest BCUT2D eigenvalue weighted by Crippen LogP contribution is 2.21. The summed E-state index contributed by atoms with van der Waals surface area (Å²) in [6, 6.07) is 0.362. The fourth-order valence-corrected chi connectivity index (χ4v) is 4.16. The van der Waals surface area contributed by atoms with E-state index in [0.717, 1.165) is 19.3 Å². The van der Waals surface area contributed by atoms with Gasteiger partial charge in [0.05, 0.1) is 0 Å². The van der Waals surface area contributed by atoms with Crippen molar-refractivity contribution in [3.63, 3.8) is 0 Å². The molecule has 2 rings (SSSR count). The smallest absolute Gasteiger partial charge is 0.282 e. The molecular weight excluding hydrogens is 238 g/mol. The molecule has 5 nitrogen and oxygen atoms in total. The molecule has 2 saturated heterocycles. The van der Waals surface area contributed by atoms with E-state index >= 15 is 0 Å². The molecule has 0 amide bonds. The van der Waals surface area contributed by atoms with Crippen LogP contribution in [0.15, 0.2) is 0 Å². The molecule has 0 bridgehead atoms. The Morgan fingerprint density at radius 3 is 2.29 bits per heavy atom. The van der Waals surface area contributed by atoms with Crippen molar-refractivity contribution in [2.45, 2.75) is 25.3 Å². The maximum atomic E-state index is 12.4. The van der Waals surface area contributed by atoms with Gasteiger partial charge in [-0.05, 0) is 39.8 Å². The first-order valence-corrected chi connectivity index (χ1v) is 7.65. The standard InChI is InChI=1S/C11H22N3O2S/c1-12(2)11-6-9-14(10-11)17(15,16)13-7-4-3-5-8-13/h3,11H,4-10H2,1-2H3/t11-/m1/s1.